The number of hydrogen-bond acceptors (Lipinski definition) is 5. The second-order valence-electron chi connectivity index (χ2n) is 5.67. The molecule has 0 unspecified atom stereocenters. The number of nitrogens with one attached hydrogen (secondary N) is 2. The van der Waals surface area contributed by atoms with Crippen LogP contribution in [-0.2, 0) is 17.6 Å². The van der Waals surface area contributed by atoms with Crippen LogP contribution in [0.4, 0.5) is 5.69 Å². The van der Waals surface area contributed by atoms with Crippen molar-refractivity contribution in [3.63, 3.8) is 0 Å². The van der Waals surface area contributed by atoms with Gasteiger partial charge in [0, 0.05) is 5.69 Å². The highest BCUT2D eigenvalue weighted by Gasteiger charge is 2.19. The number of benzene rings is 1. The zero-order chi connectivity index (χ0) is 19.3. The average Bonchev–Trinajstić information content (AvgIpc) is 2.61. The van der Waals surface area contributed by atoms with E-state index in [2.05, 4.69) is 15.5 Å². The fourth-order valence-corrected chi connectivity index (χ4v) is 2.63. The van der Waals surface area contributed by atoms with Crippen molar-refractivity contribution in [2.45, 2.75) is 33.6 Å². The van der Waals surface area contributed by atoms with E-state index in [1.807, 2.05) is 13.8 Å². The Balaban J connectivity index is 2.28. The predicted molar refractivity (Wildman–Crippen MR) is 95.9 cm³/mol. The SMILES string of the molecule is CCc1n[nH]c(=O)c(C(=O)Nc2ccc(OCC(=O)O)cc2C)c1CC. The molecule has 0 spiro atoms. The van der Waals surface area contributed by atoms with Gasteiger partial charge in [-0.3, -0.25) is 9.59 Å². The number of hydrogen-bond donors (Lipinski definition) is 3. The molecule has 138 valence electrons. The van der Waals surface area contributed by atoms with Crippen molar-refractivity contribution in [1.29, 1.82) is 0 Å². The highest BCUT2D eigenvalue weighted by molar-refractivity contribution is 6.05. The first-order valence-electron chi connectivity index (χ1n) is 8.24. The van der Waals surface area contributed by atoms with Gasteiger partial charge >= 0.3 is 5.97 Å². The normalized spacial score (nSPS) is 10.4. The molecule has 0 atom stereocenters. The van der Waals surface area contributed by atoms with E-state index >= 15 is 0 Å². The maximum atomic E-state index is 12.7. The third-order valence-electron chi connectivity index (χ3n) is 3.89. The van der Waals surface area contributed by atoms with Crippen LogP contribution in [0.15, 0.2) is 23.0 Å². The number of carbonyl (C=O) groups is 2. The second kappa shape index (κ2) is 8.28. The van der Waals surface area contributed by atoms with Gasteiger partial charge in [0.15, 0.2) is 6.61 Å². The molecular weight excluding hydrogens is 338 g/mol. The maximum Gasteiger partial charge on any atom is 0.341 e. The number of carbonyl (C=O) groups excluding carboxylic acids is 1. The first kappa shape index (κ1) is 19.2. The molecule has 1 amide bonds. The van der Waals surface area contributed by atoms with Crippen LogP contribution in [0.1, 0.15) is 41.0 Å². The number of anilines is 1. The summed E-state index contributed by atoms with van der Waals surface area (Å²) in [5, 5.41) is 17.7. The number of amides is 1. The second-order valence-corrected chi connectivity index (χ2v) is 5.67. The molecule has 1 aromatic heterocycles. The van der Waals surface area contributed by atoms with Crippen molar-refractivity contribution in [2.75, 3.05) is 11.9 Å². The molecular formula is C18H21N3O5. The van der Waals surface area contributed by atoms with Gasteiger partial charge in [0.25, 0.3) is 11.5 Å². The summed E-state index contributed by atoms with van der Waals surface area (Å²) < 4.78 is 5.10. The highest BCUT2D eigenvalue weighted by atomic mass is 16.5. The average molecular weight is 359 g/mol. The van der Waals surface area contributed by atoms with Gasteiger partial charge in [-0.05, 0) is 49.1 Å². The Morgan fingerprint density at radius 1 is 1.27 bits per heavy atom. The summed E-state index contributed by atoms with van der Waals surface area (Å²) in [7, 11) is 0. The first-order chi connectivity index (χ1) is 12.4. The van der Waals surface area contributed by atoms with Crippen molar-refractivity contribution >= 4 is 17.6 Å². The Labute approximate surface area is 150 Å². The summed E-state index contributed by atoms with van der Waals surface area (Å²) in [6.45, 7) is 5.07. The Kier molecular flexibility index (Phi) is 6.11. The van der Waals surface area contributed by atoms with Gasteiger partial charge in [-0.2, -0.15) is 5.10 Å². The van der Waals surface area contributed by atoms with Crippen molar-refractivity contribution in [3.8, 4) is 5.75 Å². The van der Waals surface area contributed by atoms with Crippen LogP contribution < -0.4 is 15.6 Å². The standard InChI is InChI=1S/C18H21N3O5/c1-4-12-13(5-2)20-21-18(25)16(12)17(24)19-14-7-6-11(8-10(14)3)26-9-15(22)23/h6-8H,4-5,9H2,1-3H3,(H,19,24)(H,21,25)(H,22,23). The number of aliphatic carboxylic acids is 1. The molecule has 8 heteroatoms. The molecule has 2 aromatic rings. The van der Waals surface area contributed by atoms with E-state index in [0.717, 1.165) is 0 Å². The van der Waals surface area contributed by atoms with Gasteiger partial charge in [-0.15, -0.1) is 0 Å². The molecule has 0 bridgehead atoms. The summed E-state index contributed by atoms with van der Waals surface area (Å²) in [6, 6.07) is 4.78. The lowest BCUT2D eigenvalue weighted by Crippen LogP contribution is -2.28. The molecule has 8 nitrogen and oxygen atoms in total. The summed E-state index contributed by atoms with van der Waals surface area (Å²) in [4.78, 5) is 35.4. The molecule has 0 aliphatic heterocycles. The fraction of sp³-hybridized carbons (Fsp3) is 0.333. The third kappa shape index (κ3) is 4.27. The molecule has 0 aliphatic rings. The fourth-order valence-electron chi connectivity index (χ4n) is 2.63. The Bertz CT molecular complexity index is 889. The van der Waals surface area contributed by atoms with E-state index < -0.39 is 24.0 Å². The van der Waals surface area contributed by atoms with Gasteiger partial charge in [0.1, 0.15) is 11.3 Å². The van der Waals surface area contributed by atoms with Crippen LogP contribution >= 0.6 is 0 Å². The van der Waals surface area contributed by atoms with E-state index in [-0.39, 0.29) is 5.56 Å². The predicted octanol–water partition coefficient (Wildman–Crippen LogP) is 1.92. The molecule has 1 aromatic carbocycles. The molecule has 1 heterocycles. The Morgan fingerprint density at radius 3 is 2.58 bits per heavy atom. The Hall–Kier alpha value is -3.16. The van der Waals surface area contributed by atoms with Crippen LogP contribution in [0.25, 0.3) is 0 Å². The van der Waals surface area contributed by atoms with Crippen LogP contribution in [-0.4, -0.2) is 33.8 Å². The molecule has 0 radical (unpaired) electrons. The number of H-pyrrole nitrogens is 1. The number of nitrogens with zero attached hydrogens (tertiary/aromatic N) is 1. The summed E-state index contributed by atoms with van der Waals surface area (Å²) in [5.41, 5.74) is 2.04. The van der Waals surface area contributed by atoms with Crippen LogP contribution in [0.2, 0.25) is 0 Å². The van der Waals surface area contributed by atoms with Gasteiger partial charge in [0.05, 0.1) is 5.69 Å². The molecule has 0 saturated heterocycles. The molecule has 2 rings (SSSR count). The Morgan fingerprint density at radius 2 is 2.00 bits per heavy atom. The first-order valence-corrected chi connectivity index (χ1v) is 8.24. The number of aromatic amines is 1. The van der Waals surface area contributed by atoms with Gasteiger partial charge in [-0.1, -0.05) is 13.8 Å². The minimum atomic E-state index is -1.07. The zero-order valence-electron chi connectivity index (χ0n) is 14.9. The molecule has 0 saturated carbocycles. The van der Waals surface area contributed by atoms with E-state index in [0.29, 0.717) is 41.1 Å². The van der Waals surface area contributed by atoms with Gasteiger partial charge in [-0.25, -0.2) is 9.89 Å². The quantitative estimate of drug-likeness (QED) is 0.694. The number of ether oxygens (including phenoxy) is 1. The van der Waals surface area contributed by atoms with Crippen molar-refractivity contribution in [1.82, 2.24) is 10.2 Å². The lowest BCUT2D eigenvalue weighted by molar-refractivity contribution is -0.139. The van der Waals surface area contributed by atoms with E-state index in [9.17, 15) is 14.4 Å². The van der Waals surface area contributed by atoms with Gasteiger partial charge in [0.2, 0.25) is 0 Å². The van der Waals surface area contributed by atoms with Crippen molar-refractivity contribution in [2.24, 2.45) is 0 Å². The molecule has 0 aliphatic carbocycles. The smallest absolute Gasteiger partial charge is 0.341 e. The number of aromatic nitrogens is 2. The third-order valence-corrected chi connectivity index (χ3v) is 3.89. The number of aryl methyl sites for hydroxylation is 2. The lowest BCUT2D eigenvalue weighted by Gasteiger charge is -2.13. The lowest BCUT2D eigenvalue weighted by atomic mass is 10.0. The van der Waals surface area contributed by atoms with E-state index in [1.165, 1.54) is 0 Å². The van der Waals surface area contributed by atoms with Gasteiger partial charge < -0.3 is 15.2 Å². The minimum absolute atomic E-state index is 0.0601. The molecule has 3 N–H and O–H groups in total. The summed E-state index contributed by atoms with van der Waals surface area (Å²) >= 11 is 0. The topological polar surface area (TPSA) is 121 Å². The molecule has 0 fully saturated rings. The van der Waals surface area contributed by atoms with Crippen LogP contribution in [0, 0.1) is 6.92 Å². The summed E-state index contributed by atoms with van der Waals surface area (Å²) in [6.07, 6.45) is 1.12. The largest absolute Gasteiger partial charge is 0.482 e. The minimum Gasteiger partial charge on any atom is -0.482 e. The maximum absolute atomic E-state index is 12.7. The number of carboxylic acids is 1. The zero-order valence-corrected chi connectivity index (χ0v) is 14.9. The number of rotatable bonds is 7. The van der Waals surface area contributed by atoms with E-state index in [4.69, 9.17) is 9.84 Å². The van der Waals surface area contributed by atoms with Crippen molar-refractivity contribution < 1.29 is 19.4 Å². The van der Waals surface area contributed by atoms with Crippen LogP contribution in [0.5, 0.6) is 5.75 Å². The van der Waals surface area contributed by atoms with Crippen LogP contribution in [0.3, 0.4) is 0 Å². The highest BCUT2D eigenvalue weighted by Crippen LogP contribution is 2.22. The monoisotopic (exact) mass is 359 g/mol. The van der Waals surface area contributed by atoms with E-state index in [1.54, 1.807) is 25.1 Å². The summed E-state index contributed by atoms with van der Waals surface area (Å²) in [5.74, 6) is -1.20. The van der Waals surface area contributed by atoms with Crippen molar-refractivity contribution in [3.05, 3.63) is 50.9 Å². The molecule has 26 heavy (non-hydrogen) atoms. The number of carboxylic acid groups (broad SMARTS) is 1.